The van der Waals surface area contributed by atoms with E-state index in [0.717, 1.165) is 11.3 Å². The summed E-state index contributed by atoms with van der Waals surface area (Å²) in [5.74, 6) is -2.21. The van der Waals surface area contributed by atoms with Crippen LogP contribution >= 0.6 is 21.9 Å². The minimum atomic E-state index is -4.94. The highest BCUT2D eigenvalue weighted by Gasteiger charge is 2.44. The number of amides is 1. The van der Waals surface area contributed by atoms with Crippen LogP contribution in [-0.4, -0.2) is 38.4 Å². The molecule has 0 aromatic carbocycles. The van der Waals surface area contributed by atoms with Crippen molar-refractivity contribution in [2.45, 2.75) is 17.6 Å². The Kier molecular flexibility index (Phi) is 3.34. The molecule has 0 saturated carbocycles. The first-order chi connectivity index (χ1) is 8.22. The van der Waals surface area contributed by atoms with Crippen LogP contribution in [-0.2, 0) is 11.3 Å². The Bertz CT molecular complexity index is 472. The van der Waals surface area contributed by atoms with Crippen molar-refractivity contribution in [1.29, 1.82) is 0 Å². The third-order valence-electron chi connectivity index (χ3n) is 2.57. The van der Waals surface area contributed by atoms with Crippen LogP contribution in [0, 0.1) is 0 Å². The van der Waals surface area contributed by atoms with Gasteiger partial charge in [0.15, 0.2) is 0 Å². The number of carbonyl (C=O) groups is 1. The quantitative estimate of drug-likeness (QED) is 0.774. The van der Waals surface area contributed by atoms with Gasteiger partial charge in [0.1, 0.15) is 0 Å². The summed E-state index contributed by atoms with van der Waals surface area (Å²) in [5.41, 5.74) is 0. The molecule has 1 aromatic rings. The highest BCUT2D eigenvalue weighted by atomic mass is 32.3. The number of fused-ring (bicyclic) bond motifs is 1. The standard InChI is InChI=1S/C9H10F3NO3S2/c10-9(11,12)8(14)13-2-4-18(15,16)7-1-3-17-6(7)5-13/h1,3,15-16H,2,4-5H2. The smallest absolute Gasteiger partial charge is 0.328 e. The Morgan fingerprint density at radius 2 is 2.11 bits per heavy atom. The van der Waals surface area contributed by atoms with Gasteiger partial charge in [-0.05, 0) is 11.4 Å². The molecule has 4 nitrogen and oxygen atoms in total. The number of nitrogens with zero attached hydrogens (tertiary/aromatic N) is 1. The lowest BCUT2D eigenvalue weighted by Crippen LogP contribution is -2.41. The molecule has 0 saturated heterocycles. The maximum absolute atomic E-state index is 12.4. The van der Waals surface area contributed by atoms with E-state index in [0.29, 0.717) is 9.78 Å². The Labute approximate surface area is 106 Å². The van der Waals surface area contributed by atoms with E-state index in [9.17, 15) is 27.1 Å². The number of rotatable bonds is 0. The predicted molar refractivity (Wildman–Crippen MR) is 61.8 cm³/mol. The highest BCUT2D eigenvalue weighted by molar-refractivity contribution is 8.24. The second kappa shape index (κ2) is 4.41. The van der Waals surface area contributed by atoms with Gasteiger partial charge in [0, 0.05) is 11.4 Å². The molecule has 102 valence electrons. The summed E-state index contributed by atoms with van der Waals surface area (Å²) < 4.78 is 56.7. The third kappa shape index (κ3) is 2.48. The Morgan fingerprint density at radius 1 is 1.44 bits per heavy atom. The predicted octanol–water partition coefficient (Wildman–Crippen LogP) is 2.76. The van der Waals surface area contributed by atoms with Gasteiger partial charge in [-0.3, -0.25) is 13.9 Å². The van der Waals surface area contributed by atoms with Gasteiger partial charge in [-0.25, -0.2) is 0 Å². The number of alkyl halides is 3. The largest absolute Gasteiger partial charge is 0.471 e. The first-order valence-corrected chi connectivity index (χ1v) is 7.50. The molecule has 1 aromatic heterocycles. The van der Waals surface area contributed by atoms with Gasteiger partial charge in [0.05, 0.1) is 17.2 Å². The van der Waals surface area contributed by atoms with Crippen molar-refractivity contribution < 1.29 is 27.1 Å². The molecule has 1 aliphatic rings. The number of hydrogen-bond donors (Lipinski definition) is 2. The monoisotopic (exact) mass is 301 g/mol. The van der Waals surface area contributed by atoms with Crippen LogP contribution in [0.2, 0.25) is 0 Å². The Morgan fingerprint density at radius 3 is 2.72 bits per heavy atom. The highest BCUT2D eigenvalue weighted by Crippen LogP contribution is 2.52. The van der Waals surface area contributed by atoms with Crippen LogP contribution in [0.4, 0.5) is 13.2 Å². The van der Waals surface area contributed by atoms with E-state index in [-0.39, 0.29) is 23.7 Å². The molecular formula is C9H10F3NO3S2. The Hall–Kier alpha value is -0.770. The van der Waals surface area contributed by atoms with E-state index in [1.807, 2.05) is 0 Å². The summed E-state index contributed by atoms with van der Waals surface area (Å²) in [6, 6.07) is 1.48. The average molecular weight is 301 g/mol. The minimum absolute atomic E-state index is 0.235. The molecule has 2 heterocycles. The maximum Gasteiger partial charge on any atom is 0.471 e. The number of hydrogen-bond acceptors (Lipinski definition) is 4. The summed E-state index contributed by atoms with van der Waals surface area (Å²) in [7, 11) is -3.10. The molecule has 0 spiro atoms. The zero-order valence-corrected chi connectivity index (χ0v) is 10.6. The van der Waals surface area contributed by atoms with Gasteiger partial charge in [-0.2, -0.15) is 23.8 Å². The fourth-order valence-electron chi connectivity index (χ4n) is 1.69. The molecule has 0 unspecified atom stereocenters. The lowest BCUT2D eigenvalue weighted by molar-refractivity contribution is -0.185. The number of halogens is 3. The zero-order chi connectivity index (χ0) is 13.6. The van der Waals surface area contributed by atoms with Crippen molar-refractivity contribution in [2.24, 2.45) is 0 Å². The lowest BCUT2D eigenvalue weighted by Gasteiger charge is -2.31. The molecule has 0 aliphatic carbocycles. The van der Waals surface area contributed by atoms with Crippen LogP contribution in [0.15, 0.2) is 16.3 Å². The fourth-order valence-corrected chi connectivity index (χ4v) is 4.51. The third-order valence-corrected chi connectivity index (χ3v) is 5.44. The molecule has 2 N–H and O–H groups in total. The van der Waals surface area contributed by atoms with Crippen LogP contribution in [0.1, 0.15) is 4.88 Å². The molecule has 9 heteroatoms. The summed E-state index contributed by atoms with van der Waals surface area (Å²) in [5, 5.41) is 1.57. The summed E-state index contributed by atoms with van der Waals surface area (Å²) in [4.78, 5) is 12.4. The van der Waals surface area contributed by atoms with Gasteiger partial charge in [-0.1, -0.05) is 0 Å². The SMILES string of the molecule is O=C(N1CCS(O)(O)c2ccsc2C1)C(F)(F)F. The molecule has 0 bridgehead atoms. The van der Waals surface area contributed by atoms with E-state index in [4.69, 9.17) is 0 Å². The van der Waals surface area contributed by atoms with E-state index in [1.54, 1.807) is 5.38 Å². The van der Waals surface area contributed by atoms with E-state index in [1.165, 1.54) is 6.07 Å². The van der Waals surface area contributed by atoms with Crippen LogP contribution in [0.3, 0.4) is 0 Å². The molecule has 1 aliphatic heterocycles. The normalized spacial score (nSPS) is 21.1. The van der Waals surface area contributed by atoms with Crippen molar-refractivity contribution >= 4 is 27.8 Å². The van der Waals surface area contributed by atoms with Gasteiger partial charge in [-0.15, -0.1) is 11.3 Å². The molecule has 0 radical (unpaired) electrons. The number of thiophene rings is 1. The van der Waals surface area contributed by atoms with E-state index < -0.39 is 22.7 Å². The lowest BCUT2D eigenvalue weighted by atomic mass is 10.4. The van der Waals surface area contributed by atoms with Crippen molar-refractivity contribution in [3.63, 3.8) is 0 Å². The van der Waals surface area contributed by atoms with Crippen molar-refractivity contribution in [2.75, 3.05) is 12.3 Å². The second-order valence-corrected chi connectivity index (χ2v) is 6.99. The van der Waals surface area contributed by atoms with Crippen LogP contribution in [0.25, 0.3) is 0 Å². The van der Waals surface area contributed by atoms with Crippen molar-refractivity contribution in [3.8, 4) is 0 Å². The summed E-state index contributed by atoms with van der Waals surface area (Å²) >= 11 is 1.11. The van der Waals surface area contributed by atoms with E-state index >= 15 is 0 Å². The minimum Gasteiger partial charge on any atom is -0.328 e. The van der Waals surface area contributed by atoms with Gasteiger partial charge in [0.25, 0.3) is 0 Å². The average Bonchev–Trinajstić information content (AvgIpc) is 2.66. The van der Waals surface area contributed by atoms with Crippen molar-refractivity contribution in [3.05, 3.63) is 16.3 Å². The molecule has 0 atom stereocenters. The molecule has 1 amide bonds. The second-order valence-electron chi connectivity index (χ2n) is 3.80. The molecular weight excluding hydrogens is 291 g/mol. The maximum atomic E-state index is 12.4. The van der Waals surface area contributed by atoms with E-state index in [2.05, 4.69) is 0 Å². The summed E-state index contributed by atoms with van der Waals surface area (Å²) in [6.45, 7) is -0.552. The van der Waals surface area contributed by atoms with Gasteiger partial charge < -0.3 is 4.90 Å². The van der Waals surface area contributed by atoms with Gasteiger partial charge in [0.2, 0.25) is 0 Å². The van der Waals surface area contributed by atoms with Gasteiger partial charge >= 0.3 is 12.1 Å². The first-order valence-electron chi connectivity index (χ1n) is 4.90. The van der Waals surface area contributed by atoms with Crippen LogP contribution in [0.5, 0.6) is 0 Å². The fraction of sp³-hybridized carbons (Fsp3) is 0.444. The summed E-state index contributed by atoms with van der Waals surface area (Å²) in [6.07, 6.45) is -4.94. The molecule has 0 fully saturated rings. The Balaban J connectivity index is 2.30. The number of carbonyl (C=O) groups excluding carboxylic acids is 1. The zero-order valence-electron chi connectivity index (χ0n) is 8.98. The first kappa shape index (κ1) is 13.7. The molecule has 18 heavy (non-hydrogen) atoms. The topological polar surface area (TPSA) is 60.8 Å². The van der Waals surface area contributed by atoms with Crippen molar-refractivity contribution in [1.82, 2.24) is 4.90 Å². The molecule has 2 rings (SSSR count). The van der Waals surface area contributed by atoms with Crippen LogP contribution < -0.4 is 0 Å².